The lowest BCUT2D eigenvalue weighted by Crippen LogP contribution is -2.52. The van der Waals surface area contributed by atoms with Gasteiger partial charge in [-0.2, -0.15) is 0 Å². The van der Waals surface area contributed by atoms with Gasteiger partial charge in [0.1, 0.15) is 0 Å². The molecule has 0 amide bonds. The smallest absolute Gasteiger partial charge is 0.339 e. The Bertz CT molecular complexity index is 941. The normalized spacial score (nSPS) is 31.9. The first-order valence-corrected chi connectivity index (χ1v) is 10.3. The van der Waals surface area contributed by atoms with Crippen LogP contribution in [0.25, 0.3) is 11.1 Å². The second-order valence-corrected chi connectivity index (χ2v) is 9.37. The third-order valence-corrected chi connectivity index (χ3v) is 7.18. The molecule has 6 heteroatoms. The summed E-state index contributed by atoms with van der Waals surface area (Å²) in [5.41, 5.74) is 1.66. The number of esters is 1. The summed E-state index contributed by atoms with van der Waals surface area (Å²) in [4.78, 5) is 30.6. The van der Waals surface area contributed by atoms with Gasteiger partial charge in [-0.25, -0.2) is 9.78 Å². The van der Waals surface area contributed by atoms with Crippen molar-refractivity contribution in [3.63, 3.8) is 0 Å². The molecule has 4 aliphatic carbocycles. The first-order valence-electron chi connectivity index (χ1n) is 10.3. The molecular weight excluding hydrogens is 356 g/mol. The molecule has 0 saturated heterocycles. The molecule has 1 atom stereocenters. The number of hydrogen-bond acceptors (Lipinski definition) is 6. The van der Waals surface area contributed by atoms with E-state index in [-0.39, 0.29) is 11.2 Å². The Morgan fingerprint density at radius 2 is 1.75 bits per heavy atom. The summed E-state index contributed by atoms with van der Waals surface area (Å²) in [6, 6.07) is 1.68. The van der Waals surface area contributed by atoms with Crippen LogP contribution >= 0.6 is 0 Å². The number of ether oxygens (including phenoxy) is 1. The van der Waals surface area contributed by atoms with E-state index in [4.69, 9.17) is 9.26 Å². The van der Waals surface area contributed by atoms with Crippen molar-refractivity contribution in [1.29, 1.82) is 0 Å². The SMILES string of the molecule is Cc1cc(C(=O)O[C@@H](C)C(=O)C23CC4CC(CC(C4)C2)C3)c2c(C)noc2n1. The molecule has 0 aromatic carbocycles. The molecule has 4 aliphatic rings. The maximum Gasteiger partial charge on any atom is 0.339 e. The molecule has 28 heavy (non-hydrogen) atoms. The van der Waals surface area contributed by atoms with Crippen LogP contribution in [0.3, 0.4) is 0 Å². The van der Waals surface area contributed by atoms with Crippen LogP contribution in [0.2, 0.25) is 0 Å². The average Bonchev–Trinajstić information content (AvgIpc) is 2.99. The number of pyridine rings is 1. The molecule has 0 N–H and O–H groups in total. The van der Waals surface area contributed by atoms with Gasteiger partial charge in [0.05, 0.1) is 16.6 Å². The minimum atomic E-state index is -0.743. The molecule has 2 heterocycles. The molecule has 0 unspecified atom stereocenters. The lowest BCUT2D eigenvalue weighted by atomic mass is 9.48. The molecule has 6 nitrogen and oxygen atoms in total. The topological polar surface area (TPSA) is 82.3 Å². The summed E-state index contributed by atoms with van der Waals surface area (Å²) in [5, 5.41) is 4.47. The van der Waals surface area contributed by atoms with Crippen molar-refractivity contribution < 1.29 is 18.8 Å². The fourth-order valence-electron chi connectivity index (χ4n) is 6.50. The number of carbonyl (C=O) groups is 2. The van der Waals surface area contributed by atoms with Crippen LogP contribution in [0.4, 0.5) is 0 Å². The number of fused-ring (bicyclic) bond motifs is 1. The van der Waals surface area contributed by atoms with Gasteiger partial charge in [0.15, 0.2) is 11.9 Å². The van der Waals surface area contributed by atoms with Gasteiger partial charge in [-0.1, -0.05) is 5.16 Å². The Kier molecular flexibility index (Phi) is 3.90. The Labute approximate surface area is 164 Å². The third-order valence-electron chi connectivity index (χ3n) is 7.18. The fourth-order valence-corrected chi connectivity index (χ4v) is 6.50. The predicted octanol–water partition coefficient (Wildman–Crippen LogP) is 4.17. The van der Waals surface area contributed by atoms with Crippen molar-refractivity contribution >= 4 is 22.9 Å². The van der Waals surface area contributed by atoms with E-state index in [0.29, 0.717) is 45.8 Å². The van der Waals surface area contributed by atoms with E-state index < -0.39 is 12.1 Å². The molecule has 6 rings (SSSR count). The van der Waals surface area contributed by atoms with Crippen LogP contribution in [0.1, 0.15) is 67.2 Å². The number of carbonyl (C=O) groups excluding carboxylic acids is 2. The highest BCUT2D eigenvalue weighted by Gasteiger charge is 2.55. The maximum absolute atomic E-state index is 13.4. The van der Waals surface area contributed by atoms with E-state index in [2.05, 4.69) is 10.1 Å². The van der Waals surface area contributed by atoms with Crippen molar-refractivity contribution in [3.8, 4) is 0 Å². The minimum Gasteiger partial charge on any atom is -0.451 e. The van der Waals surface area contributed by atoms with E-state index in [1.54, 1.807) is 26.8 Å². The highest BCUT2D eigenvalue weighted by atomic mass is 16.5. The van der Waals surface area contributed by atoms with Crippen molar-refractivity contribution in [2.45, 2.75) is 65.4 Å². The van der Waals surface area contributed by atoms with Crippen LogP contribution < -0.4 is 0 Å². The first kappa shape index (κ1) is 17.8. The van der Waals surface area contributed by atoms with Gasteiger partial charge in [0, 0.05) is 11.1 Å². The second kappa shape index (κ2) is 6.13. The van der Waals surface area contributed by atoms with Gasteiger partial charge < -0.3 is 9.26 Å². The molecule has 0 radical (unpaired) electrons. The average molecular weight is 382 g/mol. The predicted molar refractivity (Wildman–Crippen MR) is 102 cm³/mol. The molecule has 0 aliphatic heterocycles. The summed E-state index contributed by atoms with van der Waals surface area (Å²) < 4.78 is 10.9. The second-order valence-electron chi connectivity index (χ2n) is 9.37. The lowest BCUT2D eigenvalue weighted by molar-refractivity contribution is -0.152. The van der Waals surface area contributed by atoms with Crippen molar-refractivity contribution in [3.05, 3.63) is 23.0 Å². The van der Waals surface area contributed by atoms with E-state index in [1.807, 2.05) is 0 Å². The highest BCUT2D eigenvalue weighted by molar-refractivity contribution is 6.04. The van der Waals surface area contributed by atoms with Crippen molar-refractivity contribution in [1.82, 2.24) is 10.1 Å². The van der Waals surface area contributed by atoms with Gasteiger partial charge in [0.25, 0.3) is 5.71 Å². The van der Waals surface area contributed by atoms with Crippen LogP contribution in [0, 0.1) is 37.0 Å². The lowest BCUT2D eigenvalue weighted by Gasteiger charge is -2.56. The van der Waals surface area contributed by atoms with E-state index in [9.17, 15) is 9.59 Å². The number of aryl methyl sites for hydroxylation is 2. The molecule has 0 spiro atoms. The Hall–Kier alpha value is -2.24. The monoisotopic (exact) mass is 382 g/mol. The van der Waals surface area contributed by atoms with Crippen molar-refractivity contribution in [2.75, 3.05) is 0 Å². The summed E-state index contributed by atoms with van der Waals surface area (Å²) >= 11 is 0. The van der Waals surface area contributed by atoms with Gasteiger partial charge >= 0.3 is 5.97 Å². The van der Waals surface area contributed by atoms with Crippen molar-refractivity contribution in [2.24, 2.45) is 23.2 Å². The largest absolute Gasteiger partial charge is 0.451 e. The third kappa shape index (κ3) is 2.68. The molecule has 4 fully saturated rings. The Morgan fingerprint density at radius 1 is 1.14 bits per heavy atom. The fraction of sp³-hybridized carbons (Fsp3) is 0.636. The molecular formula is C22H26N2O4. The van der Waals surface area contributed by atoms with Gasteiger partial charge in [0.2, 0.25) is 0 Å². The molecule has 148 valence electrons. The zero-order valence-corrected chi connectivity index (χ0v) is 16.7. The maximum atomic E-state index is 13.4. The van der Waals surface area contributed by atoms with Gasteiger partial charge in [-0.05, 0) is 83.1 Å². The summed E-state index contributed by atoms with van der Waals surface area (Å²) in [5.74, 6) is 1.65. The van der Waals surface area contributed by atoms with Crippen LogP contribution in [0.15, 0.2) is 10.6 Å². The zero-order chi connectivity index (χ0) is 19.6. The quantitative estimate of drug-likeness (QED) is 0.738. The number of nitrogens with zero attached hydrogens (tertiary/aromatic N) is 2. The Balaban J connectivity index is 1.39. The summed E-state index contributed by atoms with van der Waals surface area (Å²) in [6.45, 7) is 5.28. The molecule has 2 aromatic rings. The summed E-state index contributed by atoms with van der Waals surface area (Å²) in [6.07, 6.45) is 6.02. The minimum absolute atomic E-state index is 0.115. The van der Waals surface area contributed by atoms with Crippen LogP contribution in [-0.2, 0) is 9.53 Å². The van der Waals surface area contributed by atoms with E-state index in [0.717, 1.165) is 19.3 Å². The Morgan fingerprint density at radius 3 is 2.36 bits per heavy atom. The van der Waals surface area contributed by atoms with Gasteiger partial charge in [-0.15, -0.1) is 0 Å². The van der Waals surface area contributed by atoms with Gasteiger partial charge in [-0.3, -0.25) is 4.79 Å². The molecule has 4 bridgehead atoms. The number of rotatable bonds is 4. The molecule has 4 saturated carbocycles. The molecule has 2 aromatic heterocycles. The summed E-state index contributed by atoms with van der Waals surface area (Å²) in [7, 11) is 0. The van der Waals surface area contributed by atoms with E-state index in [1.165, 1.54) is 19.3 Å². The number of Topliss-reactive ketones (excluding diaryl/α,β-unsaturated/α-hetero) is 1. The number of aromatic nitrogens is 2. The first-order chi connectivity index (χ1) is 13.3. The van der Waals surface area contributed by atoms with Crippen LogP contribution in [0.5, 0.6) is 0 Å². The standard InChI is InChI=1S/C22H26N2O4/c1-11-4-17(18-12(2)24-28-20(18)23-11)21(26)27-13(3)19(25)22-8-14-5-15(9-22)7-16(6-14)10-22/h4,13-16H,5-10H2,1-3H3/t13-,14?,15?,16?,22?/m0/s1. The number of ketones is 1. The highest BCUT2D eigenvalue weighted by Crippen LogP contribution is 2.60. The zero-order valence-electron chi connectivity index (χ0n) is 16.7. The van der Waals surface area contributed by atoms with E-state index >= 15 is 0 Å². The number of hydrogen-bond donors (Lipinski definition) is 0. The van der Waals surface area contributed by atoms with Crippen LogP contribution in [-0.4, -0.2) is 28.0 Å².